The van der Waals surface area contributed by atoms with Crippen molar-refractivity contribution in [1.82, 2.24) is 5.32 Å². The molecule has 1 rings (SSSR count). The van der Waals surface area contributed by atoms with Gasteiger partial charge in [-0.25, -0.2) is 4.79 Å². The van der Waals surface area contributed by atoms with Crippen molar-refractivity contribution >= 4 is 39.3 Å². The van der Waals surface area contributed by atoms with Crippen molar-refractivity contribution in [1.29, 1.82) is 0 Å². The third-order valence-corrected chi connectivity index (χ3v) is 3.74. The van der Waals surface area contributed by atoms with Gasteiger partial charge in [-0.05, 0) is 48.8 Å². The molecule has 1 heterocycles. The van der Waals surface area contributed by atoms with Crippen molar-refractivity contribution in [3.63, 3.8) is 0 Å². The number of carbonyl (C=O) groups excluding carboxylic acids is 1. The number of amides is 1. The first-order chi connectivity index (χ1) is 8.67. The van der Waals surface area contributed by atoms with Gasteiger partial charge in [0.2, 0.25) is 0 Å². The molecule has 1 amide bonds. The molecule has 1 atom stereocenters. The summed E-state index contributed by atoms with van der Waals surface area (Å²) in [4.78, 5) is 23.3. The smallest absolute Gasteiger partial charge is 0.408 e. The maximum Gasteiger partial charge on any atom is 0.408 e. The summed E-state index contributed by atoms with van der Waals surface area (Å²) in [6, 6.07) is 2.99. The predicted octanol–water partition coefficient (Wildman–Crippen LogP) is 3.55. The standard InChI is InChI=1S/C12H16BrNO4S/c1-12(2,3)18-11(17)14-7(6-10(15)16)8-4-5-9(13)19-8/h4-5,7H,6H2,1-3H3,(H,14,17)(H,15,16). The van der Waals surface area contributed by atoms with Crippen LogP contribution in [0.1, 0.15) is 38.1 Å². The Labute approximate surface area is 124 Å². The molecular formula is C12H16BrNO4S. The molecule has 0 saturated heterocycles. The van der Waals surface area contributed by atoms with Gasteiger partial charge in [0.1, 0.15) is 5.60 Å². The molecule has 0 bridgehead atoms. The quantitative estimate of drug-likeness (QED) is 0.871. The molecule has 0 aliphatic heterocycles. The van der Waals surface area contributed by atoms with Gasteiger partial charge in [-0.1, -0.05) is 0 Å². The zero-order chi connectivity index (χ0) is 14.6. The lowest BCUT2D eigenvalue weighted by atomic mass is 10.1. The van der Waals surface area contributed by atoms with E-state index >= 15 is 0 Å². The van der Waals surface area contributed by atoms with Crippen LogP contribution in [0.15, 0.2) is 15.9 Å². The molecule has 0 aliphatic carbocycles. The van der Waals surface area contributed by atoms with Gasteiger partial charge in [-0.15, -0.1) is 11.3 Å². The van der Waals surface area contributed by atoms with Crippen molar-refractivity contribution in [3.8, 4) is 0 Å². The molecule has 0 saturated carbocycles. The molecule has 0 aromatic carbocycles. The van der Waals surface area contributed by atoms with E-state index in [-0.39, 0.29) is 6.42 Å². The number of rotatable bonds is 4. The number of carboxylic acids is 1. The maximum atomic E-state index is 11.7. The molecule has 0 radical (unpaired) electrons. The van der Waals surface area contributed by atoms with Crippen LogP contribution < -0.4 is 5.32 Å². The zero-order valence-corrected chi connectivity index (χ0v) is 13.3. The van der Waals surface area contributed by atoms with Gasteiger partial charge in [0, 0.05) is 4.88 Å². The molecule has 1 aromatic rings. The Hall–Kier alpha value is -1.08. The van der Waals surface area contributed by atoms with Crippen LogP contribution in [0.3, 0.4) is 0 Å². The molecule has 7 heteroatoms. The first kappa shape index (κ1) is 16.0. The minimum Gasteiger partial charge on any atom is -0.481 e. The van der Waals surface area contributed by atoms with E-state index in [0.717, 1.165) is 8.66 Å². The van der Waals surface area contributed by atoms with Gasteiger partial charge in [-0.2, -0.15) is 0 Å². The van der Waals surface area contributed by atoms with Crippen molar-refractivity contribution in [2.45, 2.75) is 38.8 Å². The Balaban J connectivity index is 2.76. The summed E-state index contributed by atoms with van der Waals surface area (Å²) in [7, 11) is 0. The Morgan fingerprint density at radius 1 is 1.47 bits per heavy atom. The highest BCUT2D eigenvalue weighted by Gasteiger charge is 2.23. The molecule has 1 aromatic heterocycles. The topological polar surface area (TPSA) is 75.6 Å². The number of hydrogen-bond donors (Lipinski definition) is 2. The summed E-state index contributed by atoms with van der Waals surface area (Å²) in [6.45, 7) is 5.25. The number of hydrogen-bond acceptors (Lipinski definition) is 4. The molecule has 19 heavy (non-hydrogen) atoms. The number of carbonyl (C=O) groups is 2. The van der Waals surface area contributed by atoms with E-state index in [4.69, 9.17) is 9.84 Å². The van der Waals surface area contributed by atoms with E-state index in [1.807, 2.05) is 6.07 Å². The number of nitrogens with one attached hydrogen (secondary N) is 1. The van der Waals surface area contributed by atoms with E-state index in [9.17, 15) is 9.59 Å². The lowest BCUT2D eigenvalue weighted by molar-refractivity contribution is -0.137. The summed E-state index contributed by atoms with van der Waals surface area (Å²) in [6.07, 6.45) is -0.810. The lowest BCUT2D eigenvalue weighted by Crippen LogP contribution is -2.35. The van der Waals surface area contributed by atoms with E-state index in [1.165, 1.54) is 11.3 Å². The molecule has 2 N–H and O–H groups in total. The number of carboxylic acid groups (broad SMARTS) is 1. The summed E-state index contributed by atoms with van der Waals surface area (Å²) in [5.41, 5.74) is -0.617. The third kappa shape index (κ3) is 6.07. The van der Waals surface area contributed by atoms with Crippen LogP contribution in [0.5, 0.6) is 0 Å². The largest absolute Gasteiger partial charge is 0.481 e. The van der Waals surface area contributed by atoms with Crippen molar-refractivity contribution < 1.29 is 19.4 Å². The molecule has 0 aliphatic rings. The fraction of sp³-hybridized carbons (Fsp3) is 0.500. The Kier molecular flexibility index (Phi) is 5.37. The van der Waals surface area contributed by atoms with E-state index in [0.29, 0.717) is 0 Å². The number of aliphatic carboxylic acids is 1. The zero-order valence-electron chi connectivity index (χ0n) is 10.9. The number of alkyl carbamates (subject to hydrolysis) is 1. The summed E-state index contributed by atoms with van der Waals surface area (Å²) in [5, 5.41) is 11.5. The molecular weight excluding hydrogens is 334 g/mol. The fourth-order valence-corrected chi connectivity index (χ4v) is 2.84. The van der Waals surface area contributed by atoms with Crippen molar-refractivity contribution in [2.75, 3.05) is 0 Å². The SMILES string of the molecule is CC(C)(C)OC(=O)NC(CC(=O)O)c1ccc(Br)s1. The lowest BCUT2D eigenvalue weighted by Gasteiger charge is -2.22. The first-order valence-corrected chi connectivity index (χ1v) is 7.25. The molecule has 106 valence electrons. The maximum absolute atomic E-state index is 11.7. The normalized spacial score (nSPS) is 12.8. The van der Waals surface area contributed by atoms with Crippen LogP contribution in [0, 0.1) is 0 Å². The Morgan fingerprint density at radius 2 is 2.11 bits per heavy atom. The third-order valence-electron chi connectivity index (χ3n) is 2.01. The second-order valence-corrected chi connectivity index (χ2v) is 7.43. The fourth-order valence-electron chi connectivity index (χ4n) is 1.36. The van der Waals surface area contributed by atoms with Crippen LogP contribution in [0.4, 0.5) is 4.79 Å². The van der Waals surface area contributed by atoms with Crippen LogP contribution in [0.25, 0.3) is 0 Å². The van der Waals surface area contributed by atoms with E-state index in [2.05, 4.69) is 21.2 Å². The highest BCUT2D eigenvalue weighted by molar-refractivity contribution is 9.11. The summed E-state index contributed by atoms with van der Waals surface area (Å²) >= 11 is 4.69. The van der Waals surface area contributed by atoms with Crippen LogP contribution >= 0.6 is 27.3 Å². The average molecular weight is 350 g/mol. The van der Waals surface area contributed by atoms with Gasteiger partial charge in [0.15, 0.2) is 0 Å². The minimum absolute atomic E-state index is 0.188. The van der Waals surface area contributed by atoms with Crippen molar-refractivity contribution in [2.24, 2.45) is 0 Å². The van der Waals surface area contributed by atoms with Crippen LogP contribution in [-0.4, -0.2) is 22.8 Å². The van der Waals surface area contributed by atoms with Crippen LogP contribution in [0.2, 0.25) is 0 Å². The van der Waals surface area contributed by atoms with Crippen LogP contribution in [-0.2, 0) is 9.53 Å². The Morgan fingerprint density at radius 3 is 2.53 bits per heavy atom. The van der Waals surface area contributed by atoms with E-state index in [1.54, 1.807) is 26.8 Å². The molecule has 0 fully saturated rings. The second-order valence-electron chi connectivity index (χ2n) is 4.94. The highest BCUT2D eigenvalue weighted by Crippen LogP contribution is 2.29. The molecule has 1 unspecified atom stereocenters. The monoisotopic (exact) mass is 349 g/mol. The van der Waals surface area contributed by atoms with Gasteiger partial charge < -0.3 is 15.2 Å². The molecule has 5 nitrogen and oxygen atoms in total. The van der Waals surface area contributed by atoms with Gasteiger partial charge in [0.25, 0.3) is 0 Å². The van der Waals surface area contributed by atoms with Gasteiger partial charge in [-0.3, -0.25) is 4.79 Å². The summed E-state index contributed by atoms with van der Waals surface area (Å²) in [5.74, 6) is -0.981. The number of thiophene rings is 1. The van der Waals surface area contributed by atoms with Crippen molar-refractivity contribution in [3.05, 3.63) is 20.8 Å². The molecule has 0 spiro atoms. The Bertz CT molecular complexity index is 467. The van der Waals surface area contributed by atoms with Gasteiger partial charge >= 0.3 is 12.1 Å². The average Bonchev–Trinajstić information content (AvgIpc) is 2.60. The predicted molar refractivity (Wildman–Crippen MR) is 76.4 cm³/mol. The minimum atomic E-state index is -0.981. The number of ether oxygens (including phenoxy) is 1. The number of halogens is 1. The first-order valence-electron chi connectivity index (χ1n) is 5.64. The van der Waals surface area contributed by atoms with E-state index < -0.39 is 23.7 Å². The highest BCUT2D eigenvalue weighted by atomic mass is 79.9. The van der Waals surface area contributed by atoms with Gasteiger partial charge in [0.05, 0.1) is 16.2 Å². The second kappa shape index (κ2) is 6.38. The summed E-state index contributed by atoms with van der Waals surface area (Å²) < 4.78 is 6.01.